The Balaban J connectivity index is 1.53. The molecule has 0 bridgehead atoms. The molecular formula is C18H26N2O2S. The molecule has 3 rings (SSSR count). The predicted molar refractivity (Wildman–Crippen MR) is 95.8 cm³/mol. The molecule has 0 radical (unpaired) electrons. The van der Waals surface area contributed by atoms with Crippen LogP contribution in [-0.4, -0.2) is 40.5 Å². The highest BCUT2D eigenvalue weighted by atomic mass is 32.2. The van der Waals surface area contributed by atoms with E-state index < -0.39 is 0 Å². The Kier molecular flexibility index (Phi) is 5.84. The number of thioether (sulfide) groups is 1. The standard InChI is InChI=1S/C18H26N2O2S/c21-16-7-4-10-20(12-16)18(22)19-15-6-3-5-14(11-15)13-23-17-8-1-2-9-17/h3,5-6,11,16-17,21H,1-2,4,7-10,12-13H2,(H,19,22). The van der Waals surface area contributed by atoms with Gasteiger partial charge in [0.15, 0.2) is 0 Å². The minimum Gasteiger partial charge on any atom is -0.391 e. The van der Waals surface area contributed by atoms with Crippen molar-refractivity contribution < 1.29 is 9.90 Å². The molecule has 2 amide bonds. The molecule has 4 nitrogen and oxygen atoms in total. The highest BCUT2D eigenvalue weighted by Crippen LogP contribution is 2.31. The fourth-order valence-corrected chi connectivity index (χ4v) is 4.62. The summed E-state index contributed by atoms with van der Waals surface area (Å²) in [5, 5.41) is 13.5. The lowest BCUT2D eigenvalue weighted by atomic mass is 10.1. The number of piperidine rings is 1. The Morgan fingerprint density at radius 3 is 2.87 bits per heavy atom. The van der Waals surface area contributed by atoms with Crippen LogP contribution < -0.4 is 5.32 Å². The molecule has 0 aromatic heterocycles. The fraction of sp³-hybridized carbons (Fsp3) is 0.611. The molecule has 2 N–H and O–H groups in total. The van der Waals surface area contributed by atoms with Crippen LogP contribution in [0.5, 0.6) is 0 Å². The third-order valence-electron chi connectivity index (χ3n) is 4.65. The van der Waals surface area contributed by atoms with Crippen LogP contribution in [0.25, 0.3) is 0 Å². The molecule has 1 saturated carbocycles. The van der Waals surface area contributed by atoms with E-state index >= 15 is 0 Å². The zero-order valence-corrected chi connectivity index (χ0v) is 14.4. The summed E-state index contributed by atoms with van der Waals surface area (Å²) >= 11 is 2.04. The highest BCUT2D eigenvalue weighted by Gasteiger charge is 2.22. The van der Waals surface area contributed by atoms with Gasteiger partial charge in [-0.2, -0.15) is 11.8 Å². The molecule has 1 aliphatic carbocycles. The monoisotopic (exact) mass is 334 g/mol. The third kappa shape index (κ3) is 4.88. The van der Waals surface area contributed by atoms with Gasteiger partial charge in [-0.15, -0.1) is 0 Å². The van der Waals surface area contributed by atoms with E-state index in [0.29, 0.717) is 6.54 Å². The Hall–Kier alpha value is -1.20. The minimum absolute atomic E-state index is 0.107. The molecule has 5 heteroatoms. The van der Waals surface area contributed by atoms with Gasteiger partial charge >= 0.3 is 6.03 Å². The number of hydrogen-bond donors (Lipinski definition) is 2. The summed E-state index contributed by atoms with van der Waals surface area (Å²) in [6.07, 6.45) is 6.70. The Labute approximate surface area is 142 Å². The van der Waals surface area contributed by atoms with Crippen molar-refractivity contribution in [2.75, 3.05) is 18.4 Å². The van der Waals surface area contributed by atoms with Crippen LogP contribution in [0, 0.1) is 0 Å². The second kappa shape index (κ2) is 8.06. The number of anilines is 1. The SMILES string of the molecule is O=C(Nc1cccc(CSC2CCCC2)c1)N1CCCC(O)C1. The van der Waals surface area contributed by atoms with Crippen LogP contribution >= 0.6 is 11.8 Å². The molecule has 1 aromatic rings. The number of β-amino-alcohol motifs (C(OH)–C–C–N with tert-alkyl or cyclic N) is 1. The second-order valence-electron chi connectivity index (χ2n) is 6.59. The van der Waals surface area contributed by atoms with Gasteiger partial charge in [-0.1, -0.05) is 25.0 Å². The van der Waals surface area contributed by atoms with E-state index in [-0.39, 0.29) is 12.1 Å². The molecule has 1 aliphatic heterocycles. The number of aliphatic hydroxyl groups excluding tert-OH is 1. The Bertz CT molecular complexity index is 532. The molecular weight excluding hydrogens is 308 g/mol. The van der Waals surface area contributed by atoms with Crippen molar-refractivity contribution in [2.24, 2.45) is 0 Å². The topological polar surface area (TPSA) is 52.6 Å². The van der Waals surface area contributed by atoms with Gasteiger partial charge in [0.1, 0.15) is 0 Å². The van der Waals surface area contributed by atoms with E-state index in [0.717, 1.165) is 36.1 Å². The summed E-state index contributed by atoms with van der Waals surface area (Å²) in [4.78, 5) is 14.0. The number of hydrogen-bond acceptors (Lipinski definition) is 3. The first-order valence-electron chi connectivity index (χ1n) is 8.65. The lowest BCUT2D eigenvalue weighted by Crippen LogP contribution is -2.44. The van der Waals surface area contributed by atoms with Crippen molar-refractivity contribution in [2.45, 2.75) is 55.6 Å². The molecule has 1 saturated heterocycles. The molecule has 1 atom stereocenters. The van der Waals surface area contributed by atoms with Crippen LogP contribution in [0.15, 0.2) is 24.3 Å². The molecule has 23 heavy (non-hydrogen) atoms. The minimum atomic E-state index is -0.386. The zero-order valence-electron chi connectivity index (χ0n) is 13.5. The largest absolute Gasteiger partial charge is 0.391 e. The zero-order chi connectivity index (χ0) is 16.1. The average Bonchev–Trinajstić information content (AvgIpc) is 3.07. The fourth-order valence-electron chi connectivity index (χ4n) is 3.35. The first kappa shape index (κ1) is 16.7. The van der Waals surface area contributed by atoms with E-state index in [1.165, 1.54) is 31.2 Å². The van der Waals surface area contributed by atoms with Gasteiger partial charge in [-0.25, -0.2) is 4.79 Å². The number of aliphatic hydroxyl groups is 1. The van der Waals surface area contributed by atoms with Gasteiger partial charge in [0.25, 0.3) is 0 Å². The average molecular weight is 334 g/mol. The van der Waals surface area contributed by atoms with Gasteiger partial charge in [-0.05, 0) is 43.4 Å². The Morgan fingerprint density at radius 2 is 2.09 bits per heavy atom. The number of nitrogens with one attached hydrogen (secondary N) is 1. The number of benzene rings is 1. The van der Waals surface area contributed by atoms with E-state index in [2.05, 4.69) is 17.4 Å². The quantitative estimate of drug-likeness (QED) is 0.879. The first-order chi connectivity index (χ1) is 11.2. The van der Waals surface area contributed by atoms with E-state index in [1.54, 1.807) is 4.90 Å². The Morgan fingerprint density at radius 1 is 1.26 bits per heavy atom. The van der Waals surface area contributed by atoms with Crippen molar-refractivity contribution >= 4 is 23.5 Å². The number of likely N-dealkylation sites (tertiary alicyclic amines) is 1. The highest BCUT2D eigenvalue weighted by molar-refractivity contribution is 7.99. The van der Waals surface area contributed by atoms with Crippen molar-refractivity contribution in [3.8, 4) is 0 Å². The second-order valence-corrected chi connectivity index (χ2v) is 7.88. The van der Waals surface area contributed by atoms with Gasteiger partial charge in [0.2, 0.25) is 0 Å². The van der Waals surface area contributed by atoms with Gasteiger partial charge in [0, 0.05) is 29.8 Å². The number of rotatable bonds is 4. The molecule has 1 aromatic carbocycles. The van der Waals surface area contributed by atoms with Crippen LogP contribution in [0.4, 0.5) is 10.5 Å². The first-order valence-corrected chi connectivity index (χ1v) is 9.70. The lowest BCUT2D eigenvalue weighted by Gasteiger charge is -2.30. The predicted octanol–water partition coefficient (Wildman–Crippen LogP) is 3.85. The maximum atomic E-state index is 12.3. The lowest BCUT2D eigenvalue weighted by molar-refractivity contribution is 0.0883. The van der Waals surface area contributed by atoms with E-state index in [4.69, 9.17) is 0 Å². The van der Waals surface area contributed by atoms with Crippen molar-refractivity contribution in [3.63, 3.8) is 0 Å². The van der Waals surface area contributed by atoms with Crippen LogP contribution in [0.2, 0.25) is 0 Å². The number of carbonyl (C=O) groups excluding carboxylic acids is 1. The van der Waals surface area contributed by atoms with Crippen LogP contribution in [0.3, 0.4) is 0 Å². The number of carbonyl (C=O) groups is 1. The van der Waals surface area contributed by atoms with Crippen molar-refractivity contribution in [1.82, 2.24) is 4.90 Å². The van der Waals surface area contributed by atoms with Crippen LogP contribution in [0.1, 0.15) is 44.1 Å². The smallest absolute Gasteiger partial charge is 0.321 e. The maximum absolute atomic E-state index is 12.3. The molecule has 1 heterocycles. The summed E-state index contributed by atoms with van der Waals surface area (Å²) in [5.41, 5.74) is 2.11. The van der Waals surface area contributed by atoms with E-state index in [1.807, 2.05) is 23.9 Å². The van der Waals surface area contributed by atoms with Crippen LogP contribution in [-0.2, 0) is 5.75 Å². The summed E-state index contributed by atoms with van der Waals surface area (Å²) in [7, 11) is 0. The molecule has 0 spiro atoms. The van der Waals surface area contributed by atoms with Gasteiger partial charge in [-0.3, -0.25) is 0 Å². The number of amides is 2. The van der Waals surface area contributed by atoms with E-state index in [9.17, 15) is 9.90 Å². The molecule has 1 unspecified atom stereocenters. The number of urea groups is 1. The summed E-state index contributed by atoms with van der Waals surface area (Å²) < 4.78 is 0. The molecule has 2 aliphatic rings. The summed E-state index contributed by atoms with van der Waals surface area (Å²) in [6, 6.07) is 8.03. The maximum Gasteiger partial charge on any atom is 0.321 e. The third-order valence-corrected chi connectivity index (χ3v) is 6.09. The molecule has 2 fully saturated rings. The summed E-state index contributed by atoms with van der Waals surface area (Å²) in [6.45, 7) is 1.16. The number of nitrogens with zero attached hydrogens (tertiary/aromatic N) is 1. The van der Waals surface area contributed by atoms with Gasteiger partial charge in [0.05, 0.1) is 6.10 Å². The van der Waals surface area contributed by atoms with Gasteiger partial charge < -0.3 is 15.3 Å². The summed E-state index contributed by atoms with van der Waals surface area (Å²) in [5.74, 6) is 1.01. The van der Waals surface area contributed by atoms with Crippen molar-refractivity contribution in [3.05, 3.63) is 29.8 Å². The molecule has 126 valence electrons. The van der Waals surface area contributed by atoms with Crippen molar-refractivity contribution in [1.29, 1.82) is 0 Å². The normalized spacial score (nSPS) is 22.3.